The molecular weight excluding hydrogens is 362 g/mol. The van der Waals surface area contributed by atoms with Gasteiger partial charge in [0, 0.05) is 17.0 Å². The molecule has 0 radical (unpaired) electrons. The number of nitrogens with one attached hydrogen (secondary N) is 1. The molecule has 4 aliphatic carbocycles. The third-order valence-corrected chi connectivity index (χ3v) is 9.41. The van der Waals surface area contributed by atoms with Crippen LogP contribution in [0.15, 0.2) is 11.6 Å². The average Bonchev–Trinajstić information content (AvgIpc) is 2.96. The number of carbonyl (C=O) groups excluding carboxylic acids is 1. The SMILES string of the molecule is CC(C)(C)NC(=O)[C@H]1CC[C@H]2[C@@H]3CC[C@H]4CC(C(=O)O)=CC[C@]4(C)[C@H]3CC[C@]12C. The Balaban J connectivity index is 1.56. The molecule has 4 aliphatic rings. The molecule has 0 spiro atoms. The van der Waals surface area contributed by atoms with Gasteiger partial charge in [-0.1, -0.05) is 19.9 Å². The lowest BCUT2D eigenvalue weighted by molar-refractivity contribution is -0.137. The Kier molecular flexibility index (Phi) is 4.94. The molecule has 3 saturated carbocycles. The molecule has 29 heavy (non-hydrogen) atoms. The molecule has 3 fully saturated rings. The van der Waals surface area contributed by atoms with Crippen molar-refractivity contribution in [1.82, 2.24) is 5.32 Å². The molecule has 0 saturated heterocycles. The highest BCUT2D eigenvalue weighted by molar-refractivity contribution is 5.86. The molecule has 4 nitrogen and oxygen atoms in total. The molecule has 2 N–H and O–H groups in total. The third-order valence-electron chi connectivity index (χ3n) is 9.41. The van der Waals surface area contributed by atoms with E-state index in [0.29, 0.717) is 29.2 Å². The highest BCUT2D eigenvalue weighted by atomic mass is 16.4. The zero-order valence-corrected chi connectivity index (χ0v) is 18.9. The van der Waals surface area contributed by atoms with Gasteiger partial charge >= 0.3 is 5.97 Å². The normalized spacial score (nSPS) is 44.2. The van der Waals surface area contributed by atoms with E-state index in [2.05, 4.69) is 39.9 Å². The van der Waals surface area contributed by atoms with Crippen molar-refractivity contribution in [3.05, 3.63) is 11.6 Å². The van der Waals surface area contributed by atoms with Crippen LogP contribution in [0.4, 0.5) is 0 Å². The van der Waals surface area contributed by atoms with Crippen molar-refractivity contribution < 1.29 is 14.7 Å². The minimum atomic E-state index is -0.728. The van der Waals surface area contributed by atoms with Crippen LogP contribution in [-0.4, -0.2) is 22.5 Å². The number of rotatable bonds is 2. The maximum atomic E-state index is 13.1. The van der Waals surface area contributed by atoms with Crippen LogP contribution in [0.3, 0.4) is 0 Å². The van der Waals surface area contributed by atoms with E-state index in [9.17, 15) is 14.7 Å². The van der Waals surface area contributed by atoms with Crippen molar-refractivity contribution in [3.63, 3.8) is 0 Å². The quantitative estimate of drug-likeness (QED) is 0.670. The van der Waals surface area contributed by atoms with Gasteiger partial charge in [-0.25, -0.2) is 4.79 Å². The van der Waals surface area contributed by atoms with E-state index in [1.165, 1.54) is 19.3 Å². The summed E-state index contributed by atoms with van der Waals surface area (Å²) < 4.78 is 0. The first-order chi connectivity index (χ1) is 13.5. The Morgan fingerprint density at radius 2 is 1.72 bits per heavy atom. The second kappa shape index (κ2) is 6.85. The number of allylic oxidation sites excluding steroid dienone is 1. The molecule has 0 heterocycles. The number of carbonyl (C=O) groups is 2. The summed E-state index contributed by atoms with van der Waals surface area (Å²) >= 11 is 0. The molecule has 0 aromatic heterocycles. The summed E-state index contributed by atoms with van der Waals surface area (Å²) in [5.74, 6) is 2.19. The number of hydrogen-bond acceptors (Lipinski definition) is 2. The predicted octanol–water partition coefficient (Wildman–Crippen LogP) is 5.18. The first-order valence-electron chi connectivity index (χ1n) is 11.7. The monoisotopic (exact) mass is 401 g/mol. The number of carboxylic acid groups (broad SMARTS) is 1. The first kappa shape index (κ1) is 20.9. The van der Waals surface area contributed by atoms with Crippen molar-refractivity contribution in [2.45, 2.75) is 91.5 Å². The van der Waals surface area contributed by atoms with Crippen LogP contribution in [0.1, 0.15) is 86.0 Å². The van der Waals surface area contributed by atoms with Gasteiger partial charge in [-0.2, -0.15) is 0 Å². The van der Waals surface area contributed by atoms with E-state index in [4.69, 9.17) is 0 Å². The Labute approximate surface area is 175 Å². The molecule has 0 bridgehead atoms. The van der Waals surface area contributed by atoms with E-state index in [-0.39, 0.29) is 28.2 Å². The standard InChI is InChI=1S/C25H39NO3/c1-23(2,3)26-21(27)20-9-8-18-17-7-6-16-14-15(22(28)29)10-12-24(16,4)19(17)11-13-25(18,20)5/h10,16-20H,6-9,11-14H2,1-5H3,(H,26,27)(H,28,29)/t16-,17-,18-,19-,20+,24-,25-/m0/s1. The fourth-order valence-electron chi connectivity index (χ4n) is 7.94. The fraction of sp³-hybridized carbons (Fsp3) is 0.840. The van der Waals surface area contributed by atoms with Crippen LogP contribution in [0, 0.1) is 40.4 Å². The molecule has 1 amide bonds. The van der Waals surface area contributed by atoms with Crippen molar-refractivity contribution in [3.8, 4) is 0 Å². The number of hydrogen-bond donors (Lipinski definition) is 2. The van der Waals surface area contributed by atoms with Crippen LogP contribution < -0.4 is 5.32 Å². The molecule has 0 aromatic rings. The van der Waals surface area contributed by atoms with Crippen molar-refractivity contribution in [2.24, 2.45) is 40.4 Å². The molecule has 4 heteroatoms. The molecule has 7 atom stereocenters. The second-order valence-electron chi connectivity index (χ2n) is 12.0. The van der Waals surface area contributed by atoms with Gasteiger partial charge in [-0.05, 0) is 107 Å². The number of fused-ring (bicyclic) bond motifs is 5. The van der Waals surface area contributed by atoms with E-state index in [0.717, 1.165) is 32.1 Å². The van der Waals surface area contributed by atoms with Crippen LogP contribution in [0.5, 0.6) is 0 Å². The summed E-state index contributed by atoms with van der Waals surface area (Å²) in [6.45, 7) is 11.0. The molecular formula is C25H39NO3. The Hall–Kier alpha value is -1.32. The van der Waals surface area contributed by atoms with Crippen molar-refractivity contribution in [1.29, 1.82) is 0 Å². The van der Waals surface area contributed by atoms with Gasteiger partial charge in [-0.15, -0.1) is 0 Å². The van der Waals surface area contributed by atoms with Crippen LogP contribution in [-0.2, 0) is 9.59 Å². The van der Waals surface area contributed by atoms with Gasteiger partial charge in [0.2, 0.25) is 5.91 Å². The maximum absolute atomic E-state index is 13.1. The van der Waals surface area contributed by atoms with Crippen LogP contribution in [0.2, 0.25) is 0 Å². The highest BCUT2D eigenvalue weighted by Gasteiger charge is 2.61. The lowest BCUT2D eigenvalue weighted by Gasteiger charge is -2.60. The Morgan fingerprint density at radius 3 is 2.38 bits per heavy atom. The topological polar surface area (TPSA) is 66.4 Å². The van der Waals surface area contributed by atoms with Gasteiger partial charge < -0.3 is 10.4 Å². The zero-order valence-electron chi connectivity index (χ0n) is 18.9. The minimum absolute atomic E-state index is 0.121. The molecule has 0 aliphatic heterocycles. The van der Waals surface area contributed by atoms with Gasteiger partial charge in [-0.3, -0.25) is 4.79 Å². The van der Waals surface area contributed by atoms with Crippen LogP contribution in [0.25, 0.3) is 0 Å². The molecule has 0 unspecified atom stereocenters. The summed E-state index contributed by atoms with van der Waals surface area (Å²) in [4.78, 5) is 24.6. The fourth-order valence-corrected chi connectivity index (χ4v) is 7.94. The van der Waals surface area contributed by atoms with E-state index < -0.39 is 5.97 Å². The van der Waals surface area contributed by atoms with E-state index >= 15 is 0 Å². The second-order valence-corrected chi connectivity index (χ2v) is 12.0. The summed E-state index contributed by atoms with van der Waals surface area (Å²) in [5, 5.41) is 12.7. The maximum Gasteiger partial charge on any atom is 0.331 e. The molecule has 162 valence electrons. The average molecular weight is 402 g/mol. The zero-order chi connectivity index (χ0) is 21.2. The lowest BCUT2D eigenvalue weighted by atomic mass is 9.45. The van der Waals surface area contributed by atoms with Crippen LogP contribution >= 0.6 is 0 Å². The highest BCUT2D eigenvalue weighted by Crippen LogP contribution is 2.67. The summed E-state index contributed by atoms with van der Waals surface area (Å²) in [6, 6.07) is 0. The molecule has 4 rings (SSSR count). The van der Waals surface area contributed by atoms with E-state index in [1.807, 2.05) is 6.08 Å². The number of aliphatic carboxylic acids is 1. The molecule has 0 aromatic carbocycles. The third kappa shape index (κ3) is 3.35. The number of amides is 1. The van der Waals surface area contributed by atoms with Gasteiger partial charge in [0.1, 0.15) is 0 Å². The van der Waals surface area contributed by atoms with E-state index in [1.54, 1.807) is 0 Å². The van der Waals surface area contributed by atoms with Crippen molar-refractivity contribution in [2.75, 3.05) is 0 Å². The van der Waals surface area contributed by atoms with Crippen molar-refractivity contribution >= 4 is 11.9 Å². The summed E-state index contributed by atoms with van der Waals surface area (Å²) in [5.41, 5.74) is 0.807. The van der Waals surface area contributed by atoms with Gasteiger partial charge in [0.15, 0.2) is 0 Å². The predicted molar refractivity (Wildman–Crippen MR) is 114 cm³/mol. The minimum Gasteiger partial charge on any atom is -0.478 e. The van der Waals surface area contributed by atoms with Gasteiger partial charge in [0.25, 0.3) is 0 Å². The largest absolute Gasteiger partial charge is 0.478 e. The smallest absolute Gasteiger partial charge is 0.331 e. The summed E-state index contributed by atoms with van der Waals surface area (Å²) in [7, 11) is 0. The first-order valence-corrected chi connectivity index (χ1v) is 11.7. The van der Waals surface area contributed by atoms with Gasteiger partial charge in [0.05, 0.1) is 0 Å². The Morgan fingerprint density at radius 1 is 1.03 bits per heavy atom. The lowest BCUT2D eigenvalue weighted by Crippen LogP contribution is -2.54. The Bertz CT molecular complexity index is 735. The number of carboxylic acids is 1. The summed E-state index contributed by atoms with van der Waals surface area (Å²) in [6.07, 6.45) is 10.6.